The highest BCUT2D eigenvalue weighted by atomic mass is 16.5. The van der Waals surface area contributed by atoms with E-state index in [1.165, 1.54) is 6.07 Å². The van der Waals surface area contributed by atoms with E-state index in [1.807, 2.05) is 19.9 Å². The number of carboxylic acids is 1. The van der Waals surface area contributed by atoms with E-state index >= 15 is 0 Å². The Balaban J connectivity index is 2.23. The molecule has 0 aliphatic carbocycles. The summed E-state index contributed by atoms with van der Waals surface area (Å²) >= 11 is 0. The van der Waals surface area contributed by atoms with Gasteiger partial charge in [0, 0.05) is 25.0 Å². The van der Waals surface area contributed by atoms with E-state index in [1.54, 1.807) is 25.3 Å². The Hall–Kier alpha value is -2.14. The summed E-state index contributed by atoms with van der Waals surface area (Å²) in [5, 5.41) is 9.90. The fourth-order valence-corrected chi connectivity index (χ4v) is 1.91. The molecule has 0 radical (unpaired) electrons. The van der Waals surface area contributed by atoms with E-state index in [9.17, 15) is 9.90 Å². The molecule has 0 aliphatic heterocycles. The van der Waals surface area contributed by atoms with Crippen molar-refractivity contribution in [3.63, 3.8) is 0 Å². The van der Waals surface area contributed by atoms with E-state index in [0.717, 1.165) is 0 Å². The van der Waals surface area contributed by atoms with Crippen molar-refractivity contribution in [3.05, 3.63) is 35.9 Å². The Morgan fingerprint density at radius 3 is 2.71 bits per heavy atom. The molecule has 5 heteroatoms. The van der Waals surface area contributed by atoms with Crippen molar-refractivity contribution < 1.29 is 19.4 Å². The maximum Gasteiger partial charge on any atom is 0.336 e. The van der Waals surface area contributed by atoms with Gasteiger partial charge in [0.25, 0.3) is 0 Å². The first-order valence-corrected chi connectivity index (χ1v) is 6.74. The number of carboxylic acid groups (broad SMARTS) is 1. The molecule has 2 aromatic rings. The first-order chi connectivity index (χ1) is 9.93. The van der Waals surface area contributed by atoms with Crippen LogP contribution >= 0.6 is 0 Å². The summed E-state index contributed by atoms with van der Waals surface area (Å²) in [6.07, 6.45) is 0.681. The lowest BCUT2D eigenvalue weighted by atomic mass is 10.1. The molecular weight excluding hydrogens is 270 g/mol. The molecule has 112 valence electrons. The number of hydrogen-bond donors (Lipinski definition) is 1. The van der Waals surface area contributed by atoms with Crippen molar-refractivity contribution in [3.8, 4) is 5.88 Å². The molecule has 1 N–H and O–H groups in total. The topological polar surface area (TPSA) is 68.7 Å². The van der Waals surface area contributed by atoms with Crippen LogP contribution in [0.1, 0.15) is 30.6 Å². The Morgan fingerprint density at radius 1 is 1.33 bits per heavy atom. The van der Waals surface area contributed by atoms with E-state index < -0.39 is 5.97 Å². The highest BCUT2D eigenvalue weighted by molar-refractivity contribution is 6.02. The molecule has 0 bridgehead atoms. The van der Waals surface area contributed by atoms with E-state index in [0.29, 0.717) is 29.8 Å². The zero-order chi connectivity index (χ0) is 15.5. The smallest absolute Gasteiger partial charge is 0.336 e. The van der Waals surface area contributed by atoms with Crippen LogP contribution in [-0.4, -0.2) is 35.4 Å². The van der Waals surface area contributed by atoms with Gasteiger partial charge in [0.15, 0.2) is 0 Å². The van der Waals surface area contributed by atoms with Crippen molar-refractivity contribution >= 4 is 16.9 Å². The standard InChI is InChI=1S/C16H19NO4/c1-16(2,20-3)8-9-21-14-10-12(15(18)19)11-6-4-5-7-13(11)17-14/h4-7,10H,8-9H2,1-3H3,(H,18,19). The van der Waals surface area contributed by atoms with Gasteiger partial charge in [-0.1, -0.05) is 18.2 Å². The summed E-state index contributed by atoms with van der Waals surface area (Å²) in [5.41, 5.74) is 0.520. The van der Waals surface area contributed by atoms with Crippen LogP contribution < -0.4 is 4.74 Å². The van der Waals surface area contributed by atoms with Gasteiger partial charge < -0.3 is 14.6 Å². The summed E-state index contributed by atoms with van der Waals surface area (Å²) in [5.74, 6) is -0.673. The molecule has 1 heterocycles. The van der Waals surface area contributed by atoms with Crippen LogP contribution in [0.2, 0.25) is 0 Å². The number of aromatic carboxylic acids is 1. The number of pyridine rings is 1. The zero-order valence-corrected chi connectivity index (χ0v) is 12.4. The average Bonchev–Trinajstić information content (AvgIpc) is 2.46. The maximum atomic E-state index is 11.3. The van der Waals surface area contributed by atoms with Crippen LogP contribution in [0.3, 0.4) is 0 Å². The van der Waals surface area contributed by atoms with E-state index in [-0.39, 0.29) is 11.2 Å². The molecule has 0 spiro atoms. The third-order valence-electron chi connectivity index (χ3n) is 3.43. The van der Waals surface area contributed by atoms with Crippen molar-refractivity contribution in [1.82, 2.24) is 4.98 Å². The highest BCUT2D eigenvalue weighted by Crippen LogP contribution is 2.22. The minimum absolute atomic E-state index is 0.196. The molecule has 5 nitrogen and oxygen atoms in total. The minimum atomic E-state index is -0.990. The Bertz CT molecular complexity index is 652. The van der Waals surface area contributed by atoms with E-state index in [4.69, 9.17) is 9.47 Å². The second kappa shape index (κ2) is 6.10. The second-order valence-electron chi connectivity index (χ2n) is 5.39. The number of para-hydroxylation sites is 1. The summed E-state index contributed by atoms with van der Waals surface area (Å²) in [7, 11) is 1.65. The molecule has 0 saturated heterocycles. The molecule has 1 aromatic heterocycles. The zero-order valence-electron chi connectivity index (χ0n) is 12.4. The molecule has 0 amide bonds. The van der Waals surface area contributed by atoms with Gasteiger partial charge in [0.1, 0.15) is 0 Å². The van der Waals surface area contributed by atoms with Gasteiger partial charge in [0.2, 0.25) is 5.88 Å². The van der Waals surface area contributed by atoms with Crippen LogP contribution in [0, 0.1) is 0 Å². The lowest BCUT2D eigenvalue weighted by Crippen LogP contribution is -2.25. The van der Waals surface area contributed by atoms with Gasteiger partial charge in [-0.3, -0.25) is 0 Å². The highest BCUT2D eigenvalue weighted by Gasteiger charge is 2.17. The monoisotopic (exact) mass is 289 g/mol. The number of aromatic nitrogens is 1. The molecular formula is C16H19NO4. The molecule has 0 aliphatic rings. The number of benzene rings is 1. The number of ether oxygens (including phenoxy) is 2. The Kier molecular flexibility index (Phi) is 4.43. The number of methoxy groups -OCH3 is 1. The SMILES string of the molecule is COC(C)(C)CCOc1cc(C(=O)O)c2ccccc2n1. The van der Waals surface area contributed by atoms with Gasteiger partial charge in [-0.25, -0.2) is 9.78 Å². The predicted molar refractivity (Wildman–Crippen MR) is 79.9 cm³/mol. The largest absolute Gasteiger partial charge is 0.478 e. The van der Waals surface area contributed by atoms with Gasteiger partial charge in [0.05, 0.1) is 23.3 Å². The van der Waals surface area contributed by atoms with Gasteiger partial charge in [-0.05, 0) is 19.9 Å². The molecule has 21 heavy (non-hydrogen) atoms. The number of fused-ring (bicyclic) bond motifs is 1. The molecule has 2 rings (SSSR count). The summed E-state index contributed by atoms with van der Waals surface area (Å²) in [6.45, 7) is 4.34. The van der Waals surface area contributed by atoms with Crippen molar-refractivity contribution in [2.75, 3.05) is 13.7 Å². The summed E-state index contributed by atoms with van der Waals surface area (Å²) in [4.78, 5) is 15.7. The molecule has 0 fully saturated rings. The van der Waals surface area contributed by atoms with Crippen LogP contribution in [0.25, 0.3) is 10.9 Å². The number of carbonyl (C=O) groups is 1. The fourth-order valence-electron chi connectivity index (χ4n) is 1.91. The first kappa shape index (κ1) is 15.3. The van der Waals surface area contributed by atoms with Crippen LogP contribution in [0.4, 0.5) is 0 Å². The van der Waals surface area contributed by atoms with Crippen LogP contribution in [-0.2, 0) is 4.74 Å². The predicted octanol–water partition coefficient (Wildman–Crippen LogP) is 3.13. The van der Waals surface area contributed by atoms with Gasteiger partial charge in [-0.15, -0.1) is 0 Å². The van der Waals surface area contributed by atoms with Crippen LogP contribution in [0.5, 0.6) is 5.88 Å². The lowest BCUT2D eigenvalue weighted by Gasteiger charge is -2.22. The Morgan fingerprint density at radius 2 is 2.05 bits per heavy atom. The average molecular weight is 289 g/mol. The minimum Gasteiger partial charge on any atom is -0.478 e. The molecule has 0 atom stereocenters. The van der Waals surface area contributed by atoms with Crippen LogP contribution in [0.15, 0.2) is 30.3 Å². The lowest BCUT2D eigenvalue weighted by molar-refractivity contribution is 0.00508. The fraction of sp³-hybridized carbons (Fsp3) is 0.375. The molecule has 0 saturated carbocycles. The number of rotatable bonds is 6. The Labute approximate surface area is 123 Å². The van der Waals surface area contributed by atoms with Crippen molar-refractivity contribution in [2.24, 2.45) is 0 Å². The molecule has 1 aromatic carbocycles. The second-order valence-corrected chi connectivity index (χ2v) is 5.39. The van der Waals surface area contributed by atoms with E-state index in [2.05, 4.69) is 4.98 Å². The number of nitrogens with zero attached hydrogens (tertiary/aromatic N) is 1. The van der Waals surface area contributed by atoms with Crippen molar-refractivity contribution in [2.45, 2.75) is 25.9 Å². The van der Waals surface area contributed by atoms with Gasteiger partial charge >= 0.3 is 5.97 Å². The summed E-state index contributed by atoms with van der Waals surface area (Å²) in [6, 6.07) is 8.58. The van der Waals surface area contributed by atoms with Gasteiger partial charge in [-0.2, -0.15) is 0 Å². The summed E-state index contributed by atoms with van der Waals surface area (Å²) < 4.78 is 10.9. The molecule has 0 unspecified atom stereocenters. The van der Waals surface area contributed by atoms with Crippen molar-refractivity contribution in [1.29, 1.82) is 0 Å². The normalized spacial score (nSPS) is 11.6. The third-order valence-corrected chi connectivity index (χ3v) is 3.43. The first-order valence-electron chi connectivity index (χ1n) is 6.74. The maximum absolute atomic E-state index is 11.3. The third kappa shape index (κ3) is 3.70. The number of hydrogen-bond acceptors (Lipinski definition) is 4. The quantitative estimate of drug-likeness (QED) is 0.884.